The van der Waals surface area contributed by atoms with Crippen LogP contribution in [0.4, 0.5) is 0 Å². The van der Waals surface area contributed by atoms with Crippen LogP contribution in [0.5, 0.6) is 0 Å². The smallest absolute Gasteiger partial charge is 0.0701 e. The summed E-state index contributed by atoms with van der Waals surface area (Å²) in [4.78, 5) is 2.67. The number of nitrogens with zero attached hydrogens (tertiary/aromatic N) is 3. The molecule has 58 valence electrons. The van der Waals surface area contributed by atoms with Crippen molar-refractivity contribution in [2.75, 3.05) is 6.54 Å². The van der Waals surface area contributed by atoms with E-state index < -0.39 is 0 Å². The monoisotopic (exact) mass is 231 g/mol. The summed E-state index contributed by atoms with van der Waals surface area (Å²) >= 11 is 5.00. The molecule has 1 rings (SSSR count). The highest BCUT2D eigenvalue weighted by molar-refractivity contribution is 9.11. The standard InChI is InChI=1S/C6H6BrN3S/c7-6-3-5(4-11-6)1-2-9-10-8/h3-4H,1-2H2. The molecule has 0 spiro atoms. The normalized spacial score (nSPS) is 9.18. The van der Waals surface area contributed by atoms with Crippen LogP contribution in [0.15, 0.2) is 20.3 Å². The molecular formula is C6H6BrN3S. The van der Waals surface area contributed by atoms with E-state index in [-0.39, 0.29) is 0 Å². The maximum atomic E-state index is 8.00. The Bertz CT molecular complexity index is 277. The molecule has 0 bridgehead atoms. The van der Waals surface area contributed by atoms with E-state index in [0.717, 1.165) is 10.2 Å². The van der Waals surface area contributed by atoms with Gasteiger partial charge >= 0.3 is 0 Å². The molecule has 0 atom stereocenters. The van der Waals surface area contributed by atoms with Crippen molar-refractivity contribution in [1.82, 2.24) is 0 Å². The van der Waals surface area contributed by atoms with Crippen molar-refractivity contribution in [1.29, 1.82) is 0 Å². The number of hydrogen-bond donors (Lipinski definition) is 0. The minimum atomic E-state index is 0.541. The van der Waals surface area contributed by atoms with Crippen LogP contribution in [0, 0.1) is 0 Å². The second-order valence-electron chi connectivity index (χ2n) is 1.96. The second kappa shape index (κ2) is 4.38. The lowest BCUT2D eigenvalue weighted by Crippen LogP contribution is -1.83. The number of halogens is 1. The summed E-state index contributed by atoms with van der Waals surface area (Å²) in [5.74, 6) is 0. The molecule has 1 aromatic heterocycles. The van der Waals surface area contributed by atoms with Gasteiger partial charge in [0, 0.05) is 11.5 Å². The fourth-order valence-corrected chi connectivity index (χ4v) is 1.94. The summed E-state index contributed by atoms with van der Waals surface area (Å²) in [6.45, 7) is 0.541. The molecule has 0 aromatic carbocycles. The molecule has 0 amide bonds. The molecular weight excluding hydrogens is 226 g/mol. The van der Waals surface area contributed by atoms with Crippen molar-refractivity contribution in [3.8, 4) is 0 Å². The lowest BCUT2D eigenvalue weighted by molar-refractivity contribution is 0.961. The van der Waals surface area contributed by atoms with Gasteiger partial charge in [-0.15, -0.1) is 11.3 Å². The highest BCUT2D eigenvalue weighted by atomic mass is 79.9. The van der Waals surface area contributed by atoms with Gasteiger partial charge in [-0.1, -0.05) is 5.11 Å². The molecule has 0 aliphatic rings. The number of azide groups is 1. The maximum Gasteiger partial charge on any atom is 0.0701 e. The average Bonchev–Trinajstić information content (AvgIpc) is 2.37. The van der Waals surface area contributed by atoms with E-state index in [1.165, 1.54) is 5.56 Å². The number of rotatable bonds is 3. The zero-order valence-corrected chi connectivity index (χ0v) is 8.10. The third-order valence-electron chi connectivity index (χ3n) is 1.19. The highest BCUT2D eigenvalue weighted by Gasteiger charge is 1.94. The summed E-state index contributed by atoms with van der Waals surface area (Å²) in [7, 11) is 0. The molecule has 1 heterocycles. The van der Waals surface area contributed by atoms with Crippen molar-refractivity contribution < 1.29 is 0 Å². The quantitative estimate of drug-likeness (QED) is 0.436. The number of hydrogen-bond acceptors (Lipinski definition) is 2. The van der Waals surface area contributed by atoms with Crippen LogP contribution >= 0.6 is 27.3 Å². The van der Waals surface area contributed by atoms with Gasteiger partial charge in [0.15, 0.2) is 0 Å². The van der Waals surface area contributed by atoms with E-state index >= 15 is 0 Å². The van der Waals surface area contributed by atoms with E-state index in [0.29, 0.717) is 6.54 Å². The highest BCUT2D eigenvalue weighted by Crippen LogP contribution is 2.20. The van der Waals surface area contributed by atoms with Gasteiger partial charge in [-0.05, 0) is 44.9 Å². The van der Waals surface area contributed by atoms with Gasteiger partial charge in [0.05, 0.1) is 3.79 Å². The molecule has 11 heavy (non-hydrogen) atoms. The SMILES string of the molecule is [N-]=[N+]=NCCc1csc(Br)c1. The minimum Gasteiger partial charge on any atom is -0.137 e. The molecule has 0 saturated carbocycles. The van der Waals surface area contributed by atoms with Gasteiger partial charge in [-0.3, -0.25) is 0 Å². The zero-order chi connectivity index (χ0) is 8.10. The van der Waals surface area contributed by atoms with Crippen LogP contribution < -0.4 is 0 Å². The van der Waals surface area contributed by atoms with E-state index in [1.54, 1.807) is 11.3 Å². The van der Waals surface area contributed by atoms with E-state index in [4.69, 9.17) is 5.53 Å². The van der Waals surface area contributed by atoms with Gasteiger partial charge in [0.1, 0.15) is 0 Å². The molecule has 0 aliphatic heterocycles. The van der Waals surface area contributed by atoms with Crippen molar-refractivity contribution >= 4 is 27.3 Å². The van der Waals surface area contributed by atoms with Crippen LogP contribution in [0.1, 0.15) is 5.56 Å². The van der Waals surface area contributed by atoms with Gasteiger partial charge in [0.25, 0.3) is 0 Å². The zero-order valence-electron chi connectivity index (χ0n) is 5.70. The Morgan fingerprint density at radius 1 is 1.73 bits per heavy atom. The molecule has 0 unspecified atom stereocenters. The molecule has 0 radical (unpaired) electrons. The van der Waals surface area contributed by atoms with Crippen LogP contribution in [-0.4, -0.2) is 6.54 Å². The second-order valence-corrected chi connectivity index (χ2v) is 4.25. The fraction of sp³-hybridized carbons (Fsp3) is 0.333. The maximum absolute atomic E-state index is 8.00. The van der Waals surface area contributed by atoms with E-state index in [2.05, 4.69) is 31.3 Å². The Morgan fingerprint density at radius 2 is 2.55 bits per heavy atom. The summed E-state index contributed by atoms with van der Waals surface area (Å²) < 4.78 is 1.12. The first-order chi connectivity index (χ1) is 5.33. The van der Waals surface area contributed by atoms with Gasteiger partial charge in [0.2, 0.25) is 0 Å². The van der Waals surface area contributed by atoms with Gasteiger partial charge < -0.3 is 0 Å². The summed E-state index contributed by atoms with van der Waals surface area (Å²) in [5.41, 5.74) is 9.22. The third kappa shape index (κ3) is 2.93. The molecule has 0 N–H and O–H groups in total. The van der Waals surface area contributed by atoms with Crippen molar-refractivity contribution in [2.45, 2.75) is 6.42 Å². The number of thiophene rings is 1. The van der Waals surface area contributed by atoms with E-state index in [9.17, 15) is 0 Å². The van der Waals surface area contributed by atoms with Crippen LogP contribution in [0.2, 0.25) is 0 Å². The van der Waals surface area contributed by atoms with Crippen LogP contribution in [0.3, 0.4) is 0 Å². The first kappa shape index (κ1) is 8.59. The Morgan fingerprint density at radius 3 is 3.09 bits per heavy atom. The first-order valence-electron chi connectivity index (χ1n) is 3.06. The summed E-state index contributed by atoms with van der Waals surface area (Å²) in [6.07, 6.45) is 0.826. The van der Waals surface area contributed by atoms with Crippen molar-refractivity contribution in [3.05, 3.63) is 31.2 Å². The molecule has 3 nitrogen and oxygen atoms in total. The predicted octanol–water partition coefficient (Wildman–Crippen LogP) is 3.36. The Balaban J connectivity index is 2.44. The largest absolute Gasteiger partial charge is 0.137 e. The molecule has 5 heteroatoms. The Labute approximate surface area is 76.8 Å². The average molecular weight is 232 g/mol. The summed E-state index contributed by atoms with van der Waals surface area (Å²) in [5, 5.41) is 5.50. The lowest BCUT2D eigenvalue weighted by atomic mass is 10.2. The summed E-state index contributed by atoms with van der Waals surface area (Å²) in [6, 6.07) is 2.04. The topological polar surface area (TPSA) is 48.8 Å². The third-order valence-corrected chi connectivity index (χ3v) is 2.74. The fourth-order valence-electron chi connectivity index (χ4n) is 0.701. The molecule has 0 saturated heterocycles. The molecule has 0 aliphatic carbocycles. The van der Waals surface area contributed by atoms with Crippen LogP contribution in [-0.2, 0) is 6.42 Å². The predicted molar refractivity (Wildman–Crippen MR) is 49.7 cm³/mol. The van der Waals surface area contributed by atoms with E-state index in [1.807, 2.05) is 6.07 Å². The van der Waals surface area contributed by atoms with Crippen molar-refractivity contribution in [3.63, 3.8) is 0 Å². The van der Waals surface area contributed by atoms with Gasteiger partial charge in [-0.25, -0.2) is 0 Å². The Hall–Kier alpha value is -0.510. The molecule has 1 aromatic rings. The first-order valence-corrected chi connectivity index (χ1v) is 4.74. The lowest BCUT2D eigenvalue weighted by Gasteiger charge is -1.87. The Kier molecular flexibility index (Phi) is 3.42. The minimum absolute atomic E-state index is 0.541. The van der Waals surface area contributed by atoms with Crippen molar-refractivity contribution in [2.24, 2.45) is 5.11 Å². The van der Waals surface area contributed by atoms with Crippen LogP contribution in [0.25, 0.3) is 10.4 Å². The van der Waals surface area contributed by atoms with Gasteiger partial charge in [-0.2, -0.15) is 0 Å². The molecule has 0 fully saturated rings.